The number of aromatic nitrogens is 2. The lowest BCUT2D eigenvalue weighted by atomic mass is 10.0. The molecule has 0 aliphatic carbocycles. The molecule has 2 aromatic heterocycles. The molecule has 21 heavy (non-hydrogen) atoms. The lowest BCUT2D eigenvalue weighted by Crippen LogP contribution is -2.30. The highest BCUT2D eigenvalue weighted by Crippen LogP contribution is 2.33. The van der Waals surface area contributed by atoms with Gasteiger partial charge in [0.1, 0.15) is 5.56 Å². The number of hydrogen-bond donors (Lipinski definition) is 2. The number of pyridine rings is 1. The average molecular weight is 280 g/mol. The van der Waals surface area contributed by atoms with Crippen molar-refractivity contribution in [2.45, 2.75) is 13.0 Å². The fourth-order valence-electron chi connectivity index (χ4n) is 3.08. The van der Waals surface area contributed by atoms with E-state index < -0.39 is 11.5 Å². The number of hydrogen-bond acceptors (Lipinski definition) is 2. The predicted octanol–water partition coefficient (Wildman–Crippen LogP) is 2.25. The van der Waals surface area contributed by atoms with Gasteiger partial charge in [-0.3, -0.25) is 4.79 Å². The molecule has 0 radical (unpaired) electrons. The number of nitrogens with zero attached hydrogens (tertiary/aromatic N) is 1. The van der Waals surface area contributed by atoms with Crippen LogP contribution in [0, 0.1) is 0 Å². The molecular weight excluding hydrogens is 268 g/mol. The van der Waals surface area contributed by atoms with E-state index in [1.807, 2.05) is 18.2 Å². The van der Waals surface area contributed by atoms with Crippen LogP contribution in [-0.2, 0) is 13.0 Å². The van der Waals surface area contributed by atoms with E-state index in [9.17, 15) is 9.59 Å². The van der Waals surface area contributed by atoms with Crippen molar-refractivity contribution in [1.29, 1.82) is 0 Å². The maximum atomic E-state index is 12.2. The summed E-state index contributed by atoms with van der Waals surface area (Å²) in [5.74, 6) is -1.18. The maximum absolute atomic E-state index is 12.2. The van der Waals surface area contributed by atoms with Crippen molar-refractivity contribution in [1.82, 2.24) is 9.55 Å². The van der Waals surface area contributed by atoms with Crippen molar-refractivity contribution in [3.05, 3.63) is 57.9 Å². The SMILES string of the molecule is O=C(O)c1ccc2n(c1=O)CCc1c-2[nH]c2ccccc12. The maximum Gasteiger partial charge on any atom is 0.341 e. The van der Waals surface area contributed by atoms with Gasteiger partial charge in [0.2, 0.25) is 0 Å². The normalized spacial score (nSPS) is 13.0. The summed E-state index contributed by atoms with van der Waals surface area (Å²) >= 11 is 0. The van der Waals surface area contributed by atoms with E-state index in [2.05, 4.69) is 11.1 Å². The van der Waals surface area contributed by atoms with Crippen LogP contribution in [0.15, 0.2) is 41.2 Å². The van der Waals surface area contributed by atoms with Crippen LogP contribution in [0.2, 0.25) is 0 Å². The van der Waals surface area contributed by atoms with Crippen LogP contribution in [0.5, 0.6) is 0 Å². The molecule has 0 bridgehead atoms. The Balaban J connectivity index is 2.04. The Morgan fingerprint density at radius 2 is 2.00 bits per heavy atom. The summed E-state index contributed by atoms with van der Waals surface area (Å²) in [4.78, 5) is 26.7. The van der Waals surface area contributed by atoms with Gasteiger partial charge in [-0.15, -0.1) is 0 Å². The molecule has 0 fully saturated rings. The molecule has 0 unspecified atom stereocenters. The van der Waals surface area contributed by atoms with Crippen molar-refractivity contribution in [2.75, 3.05) is 0 Å². The summed E-state index contributed by atoms with van der Waals surface area (Å²) in [7, 11) is 0. The van der Waals surface area contributed by atoms with E-state index in [1.165, 1.54) is 11.6 Å². The second-order valence-corrected chi connectivity index (χ2v) is 5.17. The summed E-state index contributed by atoms with van der Waals surface area (Å²) in [6.07, 6.45) is 0.718. The predicted molar refractivity (Wildman–Crippen MR) is 78.7 cm³/mol. The van der Waals surface area contributed by atoms with Gasteiger partial charge in [-0.25, -0.2) is 4.79 Å². The number of nitrogens with one attached hydrogen (secondary N) is 1. The number of carboxylic acids is 1. The van der Waals surface area contributed by atoms with Crippen molar-refractivity contribution >= 4 is 16.9 Å². The summed E-state index contributed by atoms with van der Waals surface area (Å²) in [5.41, 5.74) is 3.26. The minimum atomic E-state index is -1.18. The number of rotatable bonds is 1. The topological polar surface area (TPSA) is 75.1 Å². The standard InChI is InChI=1S/C16H12N2O3/c19-15-11(16(20)21)5-6-13-14-10(7-8-18(13)15)9-3-1-2-4-12(9)17-14/h1-6,17H,7-8H2,(H,20,21). The van der Waals surface area contributed by atoms with Gasteiger partial charge in [0.25, 0.3) is 5.56 Å². The number of aryl methyl sites for hydroxylation is 1. The summed E-state index contributed by atoms with van der Waals surface area (Å²) in [5, 5.41) is 10.2. The first-order valence-corrected chi connectivity index (χ1v) is 6.74. The van der Waals surface area contributed by atoms with Gasteiger partial charge in [-0.2, -0.15) is 0 Å². The third-order valence-corrected chi connectivity index (χ3v) is 4.06. The van der Waals surface area contributed by atoms with E-state index in [1.54, 1.807) is 10.6 Å². The minimum Gasteiger partial charge on any atom is -0.477 e. The van der Waals surface area contributed by atoms with Crippen LogP contribution in [0.25, 0.3) is 22.3 Å². The summed E-state index contributed by atoms with van der Waals surface area (Å²) < 4.78 is 1.54. The van der Waals surface area contributed by atoms with E-state index in [0.29, 0.717) is 6.54 Å². The zero-order valence-corrected chi connectivity index (χ0v) is 11.1. The first-order chi connectivity index (χ1) is 10.2. The average Bonchev–Trinajstić information content (AvgIpc) is 2.86. The largest absolute Gasteiger partial charge is 0.477 e. The molecule has 0 atom stereocenters. The monoisotopic (exact) mass is 280 g/mol. The zero-order valence-electron chi connectivity index (χ0n) is 11.1. The highest BCUT2D eigenvalue weighted by molar-refractivity contribution is 5.91. The molecule has 104 valence electrons. The lowest BCUT2D eigenvalue weighted by Gasteiger charge is -2.19. The molecule has 0 spiro atoms. The molecule has 1 aliphatic rings. The second kappa shape index (κ2) is 4.09. The Labute approximate surface area is 119 Å². The third kappa shape index (κ3) is 1.57. The molecule has 0 saturated carbocycles. The van der Waals surface area contributed by atoms with Gasteiger partial charge in [0, 0.05) is 17.4 Å². The van der Waals surface area contributed by atoms with Crippen molar-refractivity contribution in [2.24, 2.45) is 0 Å². The molecule has 5 heteroatoms. The number of fused-ring (bicyclic) bond motifs is 5. The lowest BCUT2D eigenvalue weighted by molar-refractivity contribution is 0.0694. The number of aromatic carboxylic acids is 1. The summed E-state index contributed by atoms with van der Waals surface area (Å²) in [6, 6.07) is 11.1. The van der Waals surface area contributed by atoms with Crippen molar-refractivity contribution in [3.8, 4) is 11.4 Å². The molecule has 1 aromatic carbocycles. The number of aromatic amines is 1. The smallest absolute Gasteiger partial charge is 0.341 e. The van der Waals surface area contributed by atoms with Crippen LogP contribution in [-0.4, -0.2) is 20.6 Å². The molecule has 0 saturated heterocycles. The van der Waals surface area contributed by atoms with E-state index in [0.717, 1.165) is 28.7 Å². The van der Waals surface area contributed by atoms with Gasteiger partial charge in [-0.05, 0) is 30.2 Å². The molecule has 3 aromatic rings. The van der Waals surface area contributed by atoms with Crippen LogP contribution in [0.4, 0.5) is 0 Å². The molecule has 0 amide bonds. The van der Waals surface area contributed by atoms with Crippen molar-refractivity contribution in [3.63, 3.8) is 0 Å². The molecule has 4 rings (SSSR count). The van der Waals surface area contributed by atoms with Crippen LogP contribution in [0.1, 0.15) is 15.9 Å². The summed E-state index contributed by atoms with van der Waals surface area (Å²) in [6.45, 7) is 0.504. The highest BCUT2D eigenvalue weighted by atomic mass is 16.4. The molecule has 3 heterocycles. The second-order valence-electron chi connectivity index (χ2n) is 5.17. The Kier molecular flexibility index (Phi) is 2.33. The number of carboxylic acid groups (broad SMARTS) is 1. The van der Waals surface area contributed by atoms with Crippen molar-refractivity contribution < 1.29 is 9.90 Å². The van der Waals surface area contributed by atoms with Crippen LogP contribution < -0.4 is 5.56 Å². The third-order valence-electron chi connectivity index (χ3n) is 4.06. The highest BCUT2D eigenvalue weighted by Gasteiger charge is 2.23. The zero-order chi connectivity index (χ0) is 14.6. The quantitative estimate of drug-likeness (QED) is 0.718. The van der Waals surface area contributed by atoms with Crippen LogP contribution in [0.3, 0.4) is 0 Å². The fourth-order valence-corrected chi connectivity index (χ4v) is 3.08. The fraction of sp³-hybridized carbons (Fsp3) is 0.125. The molecule has 2 N–H and O–H groups in total. The van der Waals surface area contributed by atoms with Gasteiger partial charge in [-0.1, -0.05) is 18.2 Å². The Hall–Kier alpha value is -2.82. The number of para-hydroxylation sites is 1. The number of carbonyl (C=O) groups is 1. The first-order valence-electron chi connectivity index (χ1n) is 6.74. The first kappa shape index (κ1) is 12.0. The van der Waals surface area contributed by atoms with Crippen LogP contribution >= 0.6 is 0 Å². The Morgan fingerprint density at radius 3 is 2.81 bits per heavy atom. The number of H-pyrrole nitrogens is 1. The van der Waals surface area contributed by atoms with E-state index >= 15 is 0 Å². The van der Waals surface area contributed by atoms with Gasteiger partial charge >= 0.3 is 5.97 Å². The minimum absolute atomic E-state index is 0.182. The molecule has 1 aliphatic heterocycles. The Bertz CT molecular complexity index is 950. The van der Waals surface area contributed by atoms with E-state index in [4.69, 9.17) is 5.11 Å². The van der Waals surface area contributed by atoms with Gasteiger partial charge < -0.3 is 14.7 Å². The van der Waals surface area contributed by atoms with Gasteiger partial charge in [0.05, 0.1) is 11.4 Å². The molecule has 5 nitrogen and oxygen atoms in total. The molecular formula is C16H12N2O3. The van der Waals surface area contributed by atoms with E-state index in [-0.39, 0.29) is 5.56 Å². The Morgan fingerprint density at radius 1 is 1.19 bits per heavy atom. The van der Waals surface area contributed by atoms with Gasteiger partial charge in [0.15, 0.2) is 0 Å². The number of benzene rings is 1.